The Morgan fingerprint density at radius 1 is 0.614 bits per heavy atom. The number of carboxylic acid groups (broad SMARTS) is 1. The summed E-state index contributed by atoms with van der Waals surface area (Å²) in [5.41, 5.74) is 4.56. The number of rotatable bonds is 12. The van der Waals surface area contributed by atoms with Crippen LogP contribution >= 0.6 is 11.8 Å². The maximum atomic E-state index is 14.8. The van der Waals surface area contributed by atoms with Crippen LogP contribution in [-0.4, -0.2) is 104 Å². The van der Waals surface area contributed by atoms with E-state index in [1.165, 1.54) is 36.0 Å². The Kier molecular flexibility index (Phi) is 17.3. The van der Waals surface area contributed by atoms with Crippen LogP contribution in [0, 0.1) is 0 Å². The van der Waals surface area contributed by atoms with Crippen LogP contribution in [0.5, 0.6) is 0 Å². The monoisotopic (exact) mass is 966 g/mol. The van der Waals surface area contributed by atoms with Crippen molar-refractivity contribution in [2.45, 2.75) is 86.2 Å². The van der Waals surface area contributed by atoms with E-state index in [0.29, 0.717) is 29.5 Å². The first-order valence-electron chi connectivity index (χ1n) is 22.8. The molecular formula is C53H54N6O10S. The summed E-state index contributed by atoms with van der Waals surface area (Å²) in [4.78, 5) is 97.4. The van der Waals surface area contributed by atoms with Gasteiger partial charge in [-0.15, -0.1) is 11.8 Å². The molecule has 362 valence electrons. The molecular weight excluding hydrogens is 913 g/mol. The van der Waals surface area contributed by atoms with Gasteiger partial charge in [-0.1, -0.05) is 133 Å². The third-order valence-electron chi connectivity index (χ3n) is 12.0. The highest BCUT2D eigenvalue weighted by molar-refractivity contribution is 8.03. The number of benzene rings is 5. The lowest BCUT2D eigenvalue weighted by Crippen LogP contribution is -2.61. The number of hydrogen-bond donors (Lipinski definition) is 9. The Morgan fingerprint density at radius 2 is 1.20 bits per heavy atom. The molecule has 3 aliphatic rings. The molecule has 2 bridgehead atoms. The molecule has 16 nitrogen and oxygen atoms in total. The van der Waals surface area contributed by atoms with Crippen molar-refractivity contribution >= 4 is 58.9 Å². The summed E-state index contributed by atoms with van der Waals surface area (Å²) in [6.07, 6.45) is -2.50. The molecule has 0 aliphatic carbocycles. The van der Waals surface area contributed by atoms with Gasteiger partial charge in [-0.3, -0.25) is 28.8 Å². The van der Waals surface area contributed by atoms with Gasteiger partial charge in [-0.25, -0.2) is 4.79 Å². The number of aliphatic carboxylic acids is 1. The minimum absolute atomic E-state index is 0.0335. The summed E-state index contributed by atoms with van der Waals surface area (Å²) < 4.78 is 0. The molecule has 6 amide bonds. The van der Waals surface area contributed by atoms with E-state index in [1.54, 1.807) is 53.9 Å². The number of thioether (sulfide) groups is 1. The molecule has 0 aromatic heterocycles. The van der Waals surface area contributed by atoms with Crippen LogP contribution < -0.4 is 31.9 Å². The van der Waals surface area contributed by atoms with Gasteiger partial charge in [0.15, 0.2) is 12.2 Å². The number of fused-ring (bicyclic) bond motifs is 18. The third-order valence-corrected chi connectivity index (χ3v) is 13.2. The number of amides is 6. The zero-order chi connectivity index (χ0) is 49.6. The molecule has 0 fully saturated rings. The molecule has 3 heterocycles. The molecule has 3 aliphatic heterocycles. The van der Waals surface area contributed by atoms with Crippen molar-refractivity contribution in [1.29, 1.82) is 0 Å². The summed E-state index contributed by atoms with van der Waals surface area (Å²) in [6, 6.07) is 33.9. The predicted molar refractivity (Wildman–Crippen MR) is 264 cm³/mol. The van der Waals surface area contributed by atoms with Crippen LogP contribution in [0.4, 0.5) is 5.69 Å². The fourth-order valence-corrected chi connectivity index (χ4v) is 9.11. The van der Waals surface area contributed by atoms with Gasteiger partial charge in [-0.2, -0.15) is 0 Å². The van der Waals surface area contributed by atoms with Crippen LogP contribution in [0.2, 0.25) is 0 Å². The molecule has 5 aromatic rings. The number of carbonyl (C=O) groups excluding carboxylic acids is 6. The molecule has 70 heavy (non-hydrogen) atoms. The van der Waals surface area contributed by atoms with Crippen molar-refractivity contribution in [3.8, 4) is 11.1 Å². The first-order chi connectivity index (χ1) is 33.8. The zero-order valence-electron chi connectivity index (χ0n) is 37.9. The van der Waals surface area contributed by atoms with E-state index in [0.717, 1.165) is 16.7 Å². The molecule has 2 unspecified atom stereocenters. The molecule has 17 heteroatoms. The highest BCUT2D eigenvalue weighted by atomic mass is 32.2. The highest BCUT2D eigenvalue weighted by Gasteiger charge is 2.39. The van der Waals surface area contributed by atoms with E-state index in [4.69, 9.17) is 0 Å². The Bertz CT molecular complexity index is 2650. The predicted octanol–water partition coefficient (Wildman–Crippen LogP) is 3.22. The Morgan fingerprint density at radius 3 is 1.83 bits per heavy atom. The summed E-state index contributed by atoms with van der Waals surface area (Å²) in [7, 11) is 0. The molecule has 0 spiro atoms. The van der Waals surface area contributed by atoms with E-state index in [1.807, 2.05) is 72.8 Å². The highest BCUT2D eigenvalue weighted by Crippen LogP contribution is 2.28. The smallest absolute Gasteiger partial charge is 0.326 e. The second-order valence-electron chi connectivity index (χ2n) is 17.1. The first-order valence-corrected chi connectivity index (χ1v) is 23.8. The Hall–Kier alpha value is -7.60. The molecule has 5 aromatic carbocycles. The van der Waals surface area contributed by atoms with Crippen LogP contribution in [0.1, 0.15) is 35.1 Å². The maximum absolute atomic E-state index is 14.8. The average Bonchev–Trinajstić information content (AvgIpc) is 3.92. The van der Waals surface area contributed by atoms with Gasteiger partial charge in [0.1, 0.15) is 30.2 Å². The van der Waals surface area contributed by atoms with Gasteiger partial charge in [0.2, 0.25) is 23.6 Å². The van der Waals surface area contributed by atoms with Crippen molar-refractivity contribution in [1.82, 2.24) is 26.6 Å². The maximum Gasteiger partial charge on any atom is 0.326 e. The number of carboxylic acids is 1. The lowest BCUT2D eigenvalue weighted by molar-refractivity contribution is -0.145. The van der Waals surface area contributed by atoms with Gasteiger partial charge in [0.25, 0.3) is 11.8 Å². The minimum Gasteiger partial charge on any atom is -0.480 e. The number of aliphatic hydroxyl groups is 2. The van der Waals surface area contributed by atoms with Crippen molar-refractivity contribution in [3.63, 3.8) is 0 Å². The quantitative estimate of drug-likeness (QED) is 0.0822. The lowest BCUT2D eigenvalue weighted by atomic mass is 9.98. The summed E-state index contributed by atoms with van der Waals surface area (Å²) in [5.74, 6) is -6.87. The number of aliphatic hydroxyl groups excluding tert-OH is 2. The number of nitrogens with one attached hydrogen (secondary N) is 6. The van der Waals surface area contributed by atoms with Crippen LogP contribution in [0.15, 0.2) is 151 Å². The Balaban J connectivity index is 1.25. The SMILES string of the molecule is O=C1N[C@@H](Cc2ccc(-c3ccccc3)cc2)C(=O)N[C@H](CCc2ccccc2)C(=O)N[C@H](C(=O)N[C@@H](Cc2ccccc2)C(=O)O)Cc2ccc(cc2)NC(=O)[C@H](O)[C@@H](O)C(=O)NC1C1CC=CS1. The molecule has 0 radical (unpaired) electrons. The van der Waals surface area contributed by atoms with Crippen molar-refractivity contribution in [3.05, 3.63) is 173 Å². The van der Waals surface area contributed by atoms with Gasteiger partial charge in [-0.05, 0) is 70.2 Å². The average molecular weight is 967 g/mol. The van der Waals surface area contributed by atoms with Crippen LogP contribution in [0.25, 0.3) is 11.1 Å². The van der Waals surface area contributed by atoms with E-state index < -0.39 is 89.1 Å². The van der Waals surface area contributed by atoms with E-state index in [2.05, 4.69) is 31.9 Å². The number of hydrogen-bond acceptors (Lipinski definition) is 10. The molecule has 0 saturated carbocycles. The molecule has 8 atom stereocenters. The Labute approximate surface area is 408 Å². The summed E-state index contributed by atoms with van der Waals surface area (Å²) >= 11 is 1.23. The second kappa shape index (κ2) is 24.1. The summed E-state index contributed by atoms with van der Waals surface area (Å²) in [5, 5.41) is 49.1. The topological polar surface area (TPSA) is 252 Å². The van der Waals surface area contributed by atoms with Gasteiger partial charge < -0.3 is 47.2 Å². The van der Waals surface area contributed by atoms with Gasteiger partial charge in [0, 0.05) is 30.2 Å². The molecule has 8 rings (SSSR count). The number of anilines is 1. The molecule has 9 N–H and O–H groups in total. The van der Waals surface area contributed by atoms with Crippen LogP contribution in [-0.2, 0) is 59.2 Å². The largest absolute Gasteiger partial charge is 0.480 e. The minimum atomic E-state index is -2.32. The van der Waals surface area contributed by atoms with Crippen molar-refractivity contribution in [2.24, 2.45) is 0 Å². The first kappa shape index (κ1) is 50.3. The number of aryl methyl sites for hydroxylation is 1. The van der Waals surface area contributed by atoms with E-state index in [9.17, 15) is 48.9 Å². The van der Waals surface area contributed by atoms with Gasteiger partial charge >= 0.3 is 5.97 Å². The summed E-state index contributed by atoms with van der Waals surface area (Å²) in [6.45, 7) is 0. The fourth-order valence-electron chi connectivity index (χ4n) is 8.12. The van der Waals surface area contributed by atoms with Crippen molar-refractivity contribution < 1.29 is 48.9 Å². The standard InChI is InChI=1S/C53H54N6O10S/c60-45-46(61)52(67)59-44(43-17-10-28-70-43)50(65)57-41(29-34-18-23-37(24-19-34)36-15-8-3-9-16-36)48(63)55-39(27-22-32-11-4-1-5-12-32)47(62)56-40(30-35-20-25-38(26-21-35)54-51(45)66)49(64)58-42(53(68)69)31-33-13-6-2-7-14-33/h1-16,18-21,23-26,28,39-46,60-61H,17,22,27,29-31H2,(H,54,66)(H,55,63)(H,56,62)(H,57,65)(H,58,64)(H,59,67)(H,68,69)/t39-,40+,41+,42+,43?,44?,45-,46-/m1/s1. The van der Waals surface area contributed by atoms with Crippen LogP contribution in [0.3, 0.4) is 0 Å². The normalized spacial score (nSPS) is 22.8. The number of carbonyl (C=O) groups is 7. The zero-order valence-corrected chi connectivity index (χ0v) is 38.7. The lowest BCUT2D eigenvalue weighted by Gasteiger charge is -2.29. The number of allylic oxidation sites excluding steroid dienone is 1. The third kappa shape index (κ3) is 13.8. The van der Waals surface area contributed by atoms with Crippen molar-refractivity contribution in [2.75, 3.05) is 5.32 Å². The fraction of sp³-hybridized carbons (Fsp3) is 0.264. The molecule has 0 saturated heterocycles. The van der Waals surface area contributed by atoms with E-state index >= 15 is 0 Å². The van der Waals surface area contributed by atoms with Gasteiger partial charge in [0.05, 0.1) is 0 Å². The second-order valence-corrected chi connectivity index (χ2v) is 18.3. The van der Waals surface area contributed by atoms with E-state index in [-0.39, 0.29) is 31.4 Å².